The lowest BCUT2D eigenvalue weighted by molar-refractivity contribution is -0.143. The van der Waals surface area contributed by atoms with Crippen LogP contribution in [0.3, 0.4) is 0 Å². The fraction of sp³-hybridized carbons (Fsp3) is 0.545. The lowest BCUT2D eigenvalue weighted by Gasteiger charge is -2.02. The van der Waals surface area contributed by atoms with Crippen molar-refractivity contribution in [1.29, 1.82) is 0 Å². The maximum atomic E-state index is 11.0. The molecule has 0 N–H and O–H groups in total. The van der Waals surface area contributed by atoms with Gasteiger partial charge in [-0.05, 0) is 26.2 Å². The third-order valence-corrected chi connectivity index (χ3v) is 2.03. The lowest BCUT2D eigenvalue weighted by atomic mass is 10.1. The van der Waals surface area contributed by atoms with Crippen LogP contribution >= 0.6 is 0 Å². The summed E-state index contributed by atoms with van der Waals surface area (Å²) >= 11 is 0. The third-order valence-electron chi connectivity index (χ3n) is 2.03. The molecule has 2 nitrogen and oxygen atoms in total. The van der Waals surface area contributed by atoms with Gasteiger partial charge in [0.25, 0.3) is 0 Å². The van der Waals surface area contributed by atoms with E-state index in [0.717, 1.165) is 19.3 Å². The van der Waals surface area contributed by atoms with Crippen LogP contribution in [0.4, 0.5) is 0 Å². The van der Waals surface area contributed by atoms with E-state index in [9.17, 15) is 4.79 Å². The Balaban J connectivity index is 2.04. The molecule has 0 aromatic rings. The molecule has 13 heavy (non-hydrogen) atoms. The van der Waals surface area contributed by atoms with Crippen molar-refractivity contribution in [3.8, 4) is 0 Å². The van der Waals surface area contributed by atoms with Crippen LogP contribution in [0.1, 0.15) is 32.6 Å². The van der Waals surface area contributed by atoms with E-state index in [1.54, 1.807) is 0 Å². The van der Waals surface area contributed by atoms with Gasteiger partial charge in [-0.1, -0.05) is 23.8 Å². The number of esters is 1. The van der Waals surface area contributed by atoms with E-state index in [4.69, 9.17) is 4.74 Å². The van der Waals surface area contributed by atoms with Crippen molar-refractivity contribution in [2.75, 3.05) is 6.61 Å². The molecule has 0 heterocycles. The summed E-state index contributed by atoms with van der Waals surface area (Å²) in [6.45, 7) is 2.32. The summed E-state index contributed by atoms with van der Waals surface area (Å²) in [6, 6.07) is 0. The molecular formula is C11H16O2. The van der Waals surface area contributed by atoms with E-state index >= 15 is 0 Å². The Bertz CT molecular complexity index is 226. The number of carbonyl (C=O) groups excluding carboxylic acids is 1. The van der Waals surface area contributed by atoms with Crippen molar-refractivity contribution < 1.29 is 9.53 Å². The minimum atomic E-state index is -0.0749. The van der Waals surface area contributed by atoms with Gasteiger partial charge in [-0.2, -0.15) is 0 Å². The molecule has 0 saturated heterocycles. The van der Waals surface area contributed by atoms with Crippen molar-refractivity contribution in [3.63, 3.8) is 0 Å². The number of rotatable bonds is 5. The van der Waals surface area contributed by atoms with Crippen molar-refractivity contribution in [2.45, 2.75) is 32.6 Å². The normalized spacial score (nSPS) is 14.4. The van der Waals surface area contributed by atoms with E-state index in [2.05, 4.69) is 18.2 Å². The highest BCUT2D eigenvalue weighted by Gasteiger charge is 2.03. The van der Waals surface area contributed by atoms with Crippen LogP contribution in [0.5, 0.6) is 0 Å². The van der Waals surface area contributed by atoms with Gasteiger partial charge in [0.1, 0.15) is 0 Å². The standard InChI is InChI=1S/C11H16O2/c1-2-13-11(12)9-5-8-10-6-3-4-7-10/h3-4,6H,2,5,7-9H2,1H3. The molecular weight excluding hydrogens is 164 g/mol. The Kier molecular flexibility index (Phi) is 4.30. The van der Waals surface area contributed by atoms with Crippen LogP contribution < -0.4 is 0 Å². The minimum absolute atomic E-state index is 0.0749. The fourth-order valence-corrected chi connectivity index (χ4v) is 1.37. The molecule has 0 radical (unpaired) electrons. The average Bonchev–Trinajstić information content (AvgIpc) is 2.57. The highest BCUT2D eigenvalue weighted by atomic mass is 16.5. The molecule has 0 saturated carbocycles. The smallest absolute Gasteiger partial charge is 0.305 e. The van der Waals surface area contributed by atoms with Crippen molar-refractivity contribution >= 4 is 5.97 Å². The first kappa shape index (κ1) is 10.0. The SMILES string of the molecule is CCOC(=O)CCCC1=CC=CC1. The van der Waals surface area contributed by atoms with Crippen LogP contribution in [0, 0.1) is 0 Å². The fourth-order valence-electron chi connectivity index (χ4n) is 1.37. The lowest BCUT2D eigenvalue weighted by Crippen LogP contribution is -2.03. The molecule has 0 aromatic heterocycles. The molecule has 72 valence electrons. The van der Waals surface area contributed by atoms with Gasteiger partial charge in [-0.25, -0.2) is 0 Å². The predicted molar refractivity (Wildman–Crippen MR) is 52.3 cm³/mol. The van der Waals surface area contributed by atoms with Crippen molar-refractivity contribution in [2.24, 2.45) is 0 Å². The van der Waals surface area contributed by atoms with Gasteiger partial charge < -0.3 is 4.74 Å². The van der Waals surface area contributed by atoms with E-state index < -0.39 is 0 Å². The molecule has 1 aliphatic carbocycles. The average molecular weight is 180 g/mol. The second-order valence-electron chi connectivity index (χ2n) is 3.12. The first-order valence-corrected chi connectivity index (χ1v) is 4.83. The van der Waals surface area contributed by atoms with Crippen LogP contribution in [-0.4, -0.2) is 12.6 Å². The molecule has 0 amide bonds. The molecule has 0 bridgehead atoms. The number of carbonyl (C=O) groups is 1. The molecule has 0 aromatic carbocycles. The Morgan fingerprint density at radius 1 is 1.62 bits per heavy atom. The van der Waals surface area contributed by atoms with Crippen LogP contribution in [0.15, 0.2) is 23.8 Å². The molecule has 0 unspecified atom stereocenters. The molecule has 0 aliphatic heterocycles. The first-order valence-electron chi connectivity index (χ1n) is 4.83. The van der Waals surface area contributed by atoms with E-state index in [1.807, 2.05) is 6.92 Å². The zero-order chi connectivity index (χ0) is 9.52. The topological polar surface area (TPSA) is 26.3 Å². The molecule has 0 fully saturated rings. The second kappa shape index (κ2) is 5.57. The zero-order valence-electron chi connectivity index (χ0n) is 8.08. The Hall–Kier alpha value is -1.05. The quantitative estimate of drug-likeness (QED) is 0.608. The summed E-state index contributed by atoms with van der Waals surface area (Å²) in [7, 11) is 0. The van der Waals surface area contributed by atoms with E-state index in [-0.39, 0.29) is 5.97 Å². The second-order valence-corrected chi connectivity index (χ2v) is 3.12. The molecule has 1 aliphatic rings. The summed E-state index contributed by atoms with van der Waals surface area (Å²) < 4.78 is 4.83. The summed E-state index contributed by atoms with van der Waals surface area (Å²) in [6.07, 6.45) is 9.87. The van der Waals surface area contributed by atoms with Gasteiger partial charge >= 0.3 is 5.97 Å². The summed E-state index contributed by atoms with van der Waals surface area (Å²) in [5, 5.41) is 0. The molecule has 0 atom stereocenters. The summed E-state index contributed by atoms with van der Waals surface area (Å²) in [4.78, 5) is 11.0. The number of hydrogen-bond donors (Lipinski definition) is 0. The molecule has 1 rings (SSSR count). The maximum absolute atomic E-state index is 11.0. The minimum Gasteiger partial charge on any atom is -0.466 e. The monoisotopic (exact) mass is 180 g/mol. The number of ether oxygens (including phenoxy) is 1. The van der Waals surface area contributed by atoms with Crippen LogP contribution in [0.2, 0.25) is 0 Å². The largest absolute Gasteiger partial charge is 0.466 e. The Labute approximate surface area is 79.3 Å². The van der Waals surface area contributed by atoms with Crippen molar-refractivity contribution in [3.05, 3.63) is 23.8 Å². The van der Waals surface area contributed by atoms with Gasteiger partial charge in [0.2, 0.25) is 0 Å². The number of allylic oxidation sites excluding steroid dienone is 4. The zero-order valence-corrected chi connectivity index (χ0v) is 8.08. The molecule has 2 heteroatoms. The summed E-state index contributed by atoms with van der Waals surface area (Å²) in [5.41, 5.74) is 1.42. The first-order chi connectivity index (χ1) is 6.33. The third kappa shape index (κ3) is 3.92. The van der Waals surface area contributed by atoms with Gasteiger partial charge in [0.15, 0.2) is 0 Å². The Morgan fingerprint density at radius 2 is 2.46 bits per heavy atom. The Morgan fingerprint density at radius 3 is 3.08 bits per heavy atom. The van der Waals surface area contributed by atoms with E-state index in [1.165, 1.54) is 5.57 Å². The van der Waals surface area contributed by atoms with Gasteiger partial charge in [-0.3, -0.25) is 4.79 Å². The van der Waals surface area contributed by atoms with Crippen molar-refractivity contribution in [1.82, 2.24) is 0 Å². The van der Waals surface area contributed by atoms with Gasteiger partial charge in [-0.15, -0.1) is 0 Å². The highest BCUT2D eigenvalue weighted by Crippen LogP contribution is 2.17. The number of hydrogen-bond acceptors (Lipinski definition) is 2. The predicted octanol–water partition coefficient (Wildman–Crippen LogP) is 2.61. The van der Waals surface area contributed by atoms with Crippen LogP contribution in [0.25, 0.3) is 0 Å². The molecule has 0 spiro atoms. The van der Waals surface area contributed by atoms with Gasteiger partial charge in [0, 0.05) is 6.42 Å². The highest BCUT2D eigenvalue weighted by molar-refractivity contribution is 5.69. The maximum Gasteiger partial charge on any atom is 0.305 e. The van der Waals surface area contributed by atoms with Gasteiger partial charge in [0.05, 0.1) is 6.61 Å². The van der Waals surface area contributed by atoms with Crippen LogP contribution in [-0.2, 0) is 9.53 Å². The van der Waals surface area contributed by atoms with E-state index in [0.29, 0.717) is 13.0 Å². The summed E-state index contributed by atoms with van der Waals surface area (Å²) in [5.74, 6) is -0.0749.